The van der Waals surface area contributed by atoms with Crippen LogP contribution in [-0.4, -0.2) is 6.61 Å². The molecule has 1 aromatic rings. The van der Waals surface area contributed by atoms with Crippen molar-refractivity contribution in [3.63, 3.8) is 0 Å². The highest BCUT2D eigenvalue weighted by molar-refractivity contribution is 5.29. The average molecular weight is 220 g/mol. The Morgan fingerprint density at radius 2 is 1.88 bits per heavy atom. The van der Waals surface area contributed by atoms with E-state index in [2.05, 4.69) is 52.8 Å². The second-order valence-electron chi connectivity index (χ2n) is 6.09. The van der Waals surface area contributed by atoms with Gasteiger partial charge in [-0.2, -0.15) is 0 Å². The van der Waals surface area contributed by atoms with E-state index < -0.39 is 0 Å². The highest BCUT2D eigenvalue weighted by atomic mass is 16.5. The third-order valence-electron chi connectivity index (χ3n) is 2.22. The largest absolute Gasteiger partial charge is 0.493 e. The van der Waals surface area contributed by atoms with Crippen molar-refractivity contribution in [2.45, 2.75) is 41.0 Å². The summed E-state index contributed by atoms with van der Waals surface area (Å²) in [7, 11) is 0. The van der Waals surface area contributed by atoms with E-state index in [0.29, 0.717) is 11.3 Å². The van der Waals surface area contributed by atoms with Crippen LogP contribution in [0.15, 0.2) is 24.3 Å². The minimum Gasteiger partial charge on any atom is -0.493 e. The van der Waals surface area contributed by atoms with Crippen molar-refractivity contribution in [1.29, 1.82) is 0 Å². The Morgan fingerprint density at radius 3 is 2.44 bits per heavy atom. The van der Waals surface area contributed by atoms with E-state index in [4.69, 9.17) is 4.74 Å². The Bertz CT molecular complexity index is 320. The lowest BCUT2D eigenvalue weighted by Gasteiger charge is -2.18. The Labute approximate surface area is 99.8 Å². The summed E-state index contributed by atoms with van der Waals surface area (Å²) in [4.78, 5) is 0. The number of rotatable bonds is 4. The second-order valence-corrected chi connectivity index (χ2v) is 6.09. The molecule has 1 aromatic carbocycles. The van der Waals surface area contributed by atoms with Gasteiger partial charge in [-0.25, -0.2) is 0 Å². The van der Waals surface area contributed by atoms with Gasteiger partial charge in [-0.3, -0.25) is 0 Å². The molecule has 0 aliphatic heterocycles. The zero-order valence-corrected chi connectivity index (χ0v) is 11.2. The van der Waals surface area contributed by atoms with Crippen molar-refractivity contribution in [2.75, 3.05) is 6.61 Å². The molecule has 16 heavy (non-hydrogen) atoms. The number of hydrogen-bond donors (Lipinski definition) is 0. The molecule has 0 radical (unpaired) electrons. The van der Waals surface area contributed by atoms with Crippen LogP contribution in [0.3, 0.4) is 0 Å². The first-order valence-electron chi connectivity index (χ1n) is 6.08. The first kappa shape index (κ1) is 13.1. The smallest absolute Gasteiger partial charge is 0.119 e. The zero-order valence-electron chi connectivity index (χ0n) is 11.2. The maximum absolute atomic E-state index is 5.72. The topological polar surface area (TPSA) is 9.23 Å². The fraction of sp³-hybridized carbons (Fsp3) is 0.600. The van der Waals surface area contributed by atoms with E-state index in [1.54, 1.807) is 0 Å². The quantitative estimate of drug-likeness (QED) is 0.734. The van der Waals surface area contributed by atoms with Crippen molar-refractivity contribution >= 4 is 0 Å². The van der Waals surface area contributed by atoms with Crippen LogP contribution in [0.4, 0.5) is 0 Å². The molecule has 1 nitrogen and oxygen atoms in total. The molecular weight excluding hydrogens is 196 g/mol. The summed E-state index contributed by atoms with van der Waals surface area (Å²) in [6.07, 6.45) is 1.09. The molecule has 0 amide bonds. The van der Waals surface area contributed by atoms with Gasteiger partial charge in [0.1, 0.15) is 5.75 Å². The minimum absolute atomic E-state index is 0.330. The molecule has 0 atom stereocenters. The predicted molar refractivity (Wildman–Crippen MR) is 69.9 cm³/mol. The minimum atomic E-state index is 0.330. The van der Waals surface area contributed by atoms with E-state index in [1.165, 1.54) is 5.56 Å². The van der Waals surface area contributed by atoms with Crippen molar-refractivity contribution in [1.82, 2.24) is 0 Å². The normalized spacial score (nSPS) is 11.9. The highest BCUT2D eigenvalue weighted by Crippen LogP contribution is 2.23. The van der Waals surface area contributed by atoms with E-state index in [9.17, 15) is 0 Å². The van der Waals surface area contributed by atoms with Gasteiger partial charge >= 0.3 is 0 Å². The fourth-order valence-corrected chi connectivity index (χ4v) is 1.62. The number of benzene rings is 1. The molecule has 0 bridgehead atoms. The first-order valence-corrected chi connectivity index (χ1v) is 6.08. The van der Waals surface area contributed by atoms with Crippen LogP contribution in [0.2, 0.25) is 0 Å². The van der Waals surface area contributed by atoms with Crippen LogP contribution in [0, 0.1) is 11.3 Å². The van der Waals surface area contributed by atoms with Gasteiger partial charge in [0.15, 0.2) is 0 Å². The first-order chi connectivity index (χ1) is 7.37. The molecule has 0 N–H and O–H groups in total. The van der Waals surface area contributed by atoms with Crippen molar-refractivity contribution in [3.05, 3.63) is 29.8 Å². The highest BCUT2D eigenvalue weighted by Gasteiger charge is 2.11. The van der Waals surface area contributed by atoms with Crippen LogP contribution in [0.5, 0.6) is 5.75 Å². The monoisotopic (exact) mass is 220 g/mol. The summed E-state index contributed by atoms with van der Waals surface area (Å²) >= 11 is 0. The summed E-state index contributed by atoms with van der Waals surface area (Å²) in [5, 5.41) is 0. The lowest BCUT2D eigenvalue weighted by Crippen LogP contribution is -2.09. The van der Waals surface area contributed by atoms with Crippen LogP contribution < -0.4 is 4.74 Å². The van der Waals surface area contributed by atoms with Gasteiger partial charge in [-0.1, -0.05) is 46.8 Å². The van der Waals surface area contributed by atoms with Crippen molar-refractivity contribution in [3.8, 4) is 5.75 Å². The number of hydrogen-bond acceptors (Lipinski definition) is 1. The van der Waals surface area contributed by atoms with Crippen LogP contribution in [-0.2, 0) is 6.42 Å². The molecule has 0 aliphatic carbocycles. The van der Waals surface area contributed by atoms with E-state index in [0.717, 1.165) is 18.8 Å². The fourth-order valence-electron chi connectivity index (χ4n) is 1.62. The van der Waals surface area contributed by atoms with Gasteiger partial charge in [-0.15, -0.1) is 0 Å². The van der Waals surface area contributed by atoms with Gasteiger partial charge in [0.05, 0.1) is 6.61 Å². The standard InChI is InChI=1S/C15H24O/c1-12(2)11-16-14-8-6-7-13(9-14)10-15(3,4)5/h6-9,12H,10-11H2,1-5H3. The summed E-state index contributed by atoms with van der Waals surface area (Å²) in [6, 6.07) is 8.45. The summed E-state index contributed by atoms with van der Waals surface area (Å²) in [5.41, 5.74) is 1.69. The SMILES string of the molecule is CC(C)COc1cccc(CC(C)(C)C)c1. The van der Waals surface area contributed by atoms with Crippen LogP contribution in [0.25, 0.3) is 0 Å². The maximum Gasteiger partial charge on any atom is 0.119 e. The van der Waals surface area contributed by atoms with E-state index in [1.807, 2.05) is 6.07 Å². The Balaban J connectivity index is 2.64. The molecule has 0 aromatic heterocycles. The Kier molecular flexibility index (Phi) is 4.40. The van der Waals surface area contributed by atoms with Gasteiger partial charge in [0, 0.05) is 0 Å². The Hall–Kier alpha value is -0.980. The van der Waals surface area contributed by atoms with E-state index >= 15 is 0 Å². The third kappa shape index (κ3) is 5.20. The van der Waals surface area contributed by atoms with Crippen molar-refractivity contribution in [2.24, 2.45) is 11.3 Å². The lowest BCUT2D eigenvalue weighted by molar-refractivity contribution is 0.270. The molecule has 0 fully saturated rings. The molecule has 1 rings (SSSR count). The third-order valence-corrected chi connectivity index (χ3v) is 2.22. The van der Waals surface area contributed by atoms with Gasteiger partial charge in [0.25, 0.3) is 0 Å². The zero-order chi connectivity index (χ0) is 12.2. The molecule has 0 unspecified atom stereocenters. The van der Waals surface area contributed by atoms with Crippen LogP contribution in [0.1, 0.15) is 40.2 Å². The lowest BCUT2D eigenvalue weighted by atomic mass is 9.88. The summed E-state index contributed by atoms with van der Waals surface area (Å²) in [5.74, 6) is 1.57. The van der Waals surface area contributed by atoms with Gasteiger partial charge < -0.3 is 4.74 Å². The molecule has 0 heterocycles. The number of ether oxygens (including phenoxy) is 1. The summed E-state index contributed by atoms with van der Waals surface area (Å²) < 4.78 is 5.72. The van der Waals surface area contributed by atoms with Gasteiger partial charge in [0.2, 0.25) is 0 Å². The molecule has 0 saturated heterocycles. The van der Waals surface area contributed by atoms with Gasteiger partial charge in [-0.05, 0) is 35.4 Å². The van der Waals surface area contributed by atoms with Crippen molar-refractivity contribution < 1.29 is 4.74 Å². The second kappa shape index (κ2) is 5.38. The predicted octanol–water partition coefficient (Wildman–Crippen LogP) is 4.31. The van der Waals surface area contributed by atoms with Crippen LogP contribution >= 0.6 is 0 Å². The molecule has 0 saturated carbocycles. The summed E-state index contributed by atoms with van der Waals surface area (Å²) in [6.45, 7) is 11.9. The molecule has 90 valence electrons. The van der Waals surface area contributed by atoms with E-state index in [-0.39, 0.29) is 0 Å². The Morgan fingerprint density at radius 1 is 1.19 bits per heavy atom. The molecule has 0 aliphatic rings. The average Bonchev–Trinajstić information content (AvgIpc) is 2.12. The molecule has 0 spiro atoms. The molecule has 1 heteroatoms. The maximum atomic E-state index is 5.72. The molecular formula is C15H24O.